The van der Waals surface area contributed by atoms with Crippen LogP contribution in [0.2, 0.25) is 8.67 Å². The van der Waals surface area contributed by atoms with Gasteiger partial charge < -0.3 is 9.80 Å². The van der Waals surface area contributed by atoms with Crippen molar-refractivity contribution in [2.24, 2.45) is 0 Å². The van der Waals surface area contributed by atoms with Gasteiger partial charge in [0.2, 0.25) is 0 Å². The largest absolute Gasteiger partial charge is 0.329 e. The molecule has 1 unspecified atom stereocenters. The highest BCUT2D eigenvalue weighted by Crippen LogP contribution is 2.34. The molecule has 1 aliphatic rings. The van der Waals surface area contributed by atoms with Crippen LogP contribution in [-0.2, 0) is 0 Å². The van der Waals surface area contributed by atoms with Gasteiger partial charge in [-0.3, -0.25) is 4.79 Å². The van der Waals surface area contributed by atoms with Crippen molar-refractivity contribution in [3.8, 4) is 0 Å². The van der Waals surface area contributed by atoms with Crippen LogP contribution in [0.5, 0.6) is 0 Å². The Balaban J connectivity index is 1.93. The van der Waals surface area contributed by atoms with Gasteiger partial charge in [-0.05, 0) is 18.7 Å². The number of carbonyl (C=O) groups is 1. The summed E-state index contributed by atoms with van der Waals surface area (Å²) in [6.45, 7) is 2.34. The lowest BCUT2D eigenvalue weighted by molar-refractivity contribution is 0.0498. The van der Waals surface area contributed by atoms with E-state index in [-0.39, 0.29) is 11.9 Å². The molecule has 1 saturated heterocycles. The van der Waals surface area contributed by atoms with Crippen molar-refractivity contribution in [2.75, 3.05) is 26.7 Å². The molecule has 0 bridgehead atoms. The Morgan fingerprint density at radius 1 is 1.23 bits per heavy atom. The number of halogens is 2. The molecule has 1 fully saturated rings. The second-order valence-electron chi connectivity index (χ2n) is 5.43. The second-order valence-corrected chi connectivity index (χ2v) is 7.71. The third-order valence-electron chi connectivity index (χ3n) is 3.92. The Labute approximate surface area is 144 Å². The summed E-state index contributed by atoms with van der Waals surface area (Å²) in [7, 11) is 2.08. The number of hydrogen-bond donors (Lipinski definition) is 0. The first-order valence-electron chi connectivity index (χ1n) is 7.05. The monoisotopic (exact) mass is 354 g/mol. The van der Waals surface area contributed by atoms with Crippen molar-refractivity contribution >= 4 is 40.4 Å². The van der Waals surface area contributed by atoms with Gasteiger partial charge in [-0.15, -0.1) is 11.3 Å². The minimum absolute atomic E-state index is 0.0298. The molecule has 1 atom stereocenters. The van der Waals surface area contributed by atoms with Crippen LogP contribution in [0.1, 0.15) is 22.0 Å². The molecule has 2 aromatic rings. The molecule has 0 spiro atoms. The fourth-order valence-electron chi connectivity index (χ4n) is 2.76. The van der Waals surface area contributed by atoms with Gasteiger partial charge >= 0.3 is 0 Å². The van der Waals surface area contributed by atoms with E-state index in [4.69, 9.17) is 23.2 Å². The maximum absolute atomic E-state index is 12.9. The molecule has 116 valence electrons. The van der Waals surface area contributed by atoms with Gasteiger partial charge in [-0.2, -0.15) is 0 Å². The number of nitrogens with zero attached hydrogens (tertiary/aromatic N) is 2. The van der Waals surface area contributed by atoms with Crippen LogP contribution >= 0.6 is 34.5 Å². The lowest BCUT2D eigenvalue weighted by Gasteiger charge is -2.40. The number of piperazine rings is 1. The summed E-state index contributed by atoms with van der Waals surface area (Å²) in [4.78, 5) is 17.0. The summed E-state index contributed by atoms with van der Waals surface area (Å²) in [5.74, 6) is -0.0462. The number of hydrogen-bond acceptors (Lipinski definition) is 3. The van der Waals surface area contributed by atoms with E-state index in [0.29, 0.717) is 20.8 Å². The van der Waals surface area contributed by atoms with E-state index in [2.05, 4.69) is 24.1 Å². The number of benzene rings is 1. The molecule has 3 rings (SSSR count). The Morgan fingerprint density at radius 3 is 2.59 bits per heavy atom. The lowest BCUT2D eigenvalue weighted by atomic mass is 10.0. The second kappa shape index (κ2) is 6.59. The lowest BCUT2D eigenvalue weighted by Crippen LogP contribution is -2.49. The fraction of sp³-hybridized carbons (Fsp3) is 0.312. The van der Waals surface area contributed by atoms with Gasteiger partial charge in [0.1, 0.15) is 4.34 Å². The Bertz CT molecular complexity index is 674. The van der Waals surface area contributed by atoms with Crippen molar-refractivity contribution in [1.29, 1.82) is 0 Å². The molecule has 6 heteroatoms. The minimum Gasteiger partial charge on any atom is -0.329 e. The van der Waals surface area contributed by atoms with Crippen LogP contribution in [0.4, 0.5) is 0 Å². The highest BCUT2D eigenvalue weighted by atomic mass is 35.5. The maximum Gasteiger partial charge on any atom is 0.256 e. The van der Waals surface area contributed by atoms with E-state index < -0.39 is 0 Å². The van der Waals surface area contributed by atoms with E-state index in [1.807, 2.05) is 23.1 Å². The van der Waals surface area contributed by atoms with Gasteiger partial charge in [0.05, 0.1) is 15.9 Å². The SMILES string of the molecule is CN1CCN(C(=O)c2cc(Cl)sc2Cl)C(c2ccccc2)C1. The van der Waals surface area contributed by atoms with Crippen molar-refractivity contribution in [3.63, 3.8) is 0 Å². The zero-order chi connectivity index (χ0) is 15.7. The molecule has 0 N–H and O–H groups in total. The van der Waals surface area contributed by atoms with Crippen molar-refractivity contribution in [3.05, 3.63) is 56.2 Å². The Morgan fingerprint density at radius 2 is 1.95 bits per heavy atom. The van der Waals surface area contributed by atoms with E-state index in [9.17, 15) is 4.79 Å². The summed E-state index contributed by atoms with van der Waals surface area (Å²) in [5, 5.41) is 0. The summed E-state index contributed by atoms with van der Waals surface area (Å²) < 4.78 is 1.000. The first-order valence-corrected chi connectivity index (χ1v) is 8.63. The first kappa shape index (κ1) is 15.8. The summed E-state index contributed by atoms with van der Waals surface area (Å²) in [6, 6.07) is 11.8. The molecule has 0 aliphatic carbocycles. The van der Waals surface area contributed by atoms with Crippen LogP contribution in [0.15, 0.2) is 36.4 Å². The predicted octanol–water partition coefficient (Wildman–Crippen LogP) is 4.18. The number of amides is 1. The third-order valence-corrected chi connectivity index (χ3v) is 5.40. The van der Waals surface area contributed by atoms with E-state index in [1.165, 1.54) is 11.3 Å². The number of likely N-dealkylation sites (N-methyl/N-ethyl adjacent to an activating group) is 1. The van der Waals surface area contributed by atoms with Crippen molar-refractivity contribution < 1.29 is 4.79 Å². The van der Waals surface area contributed by atoms with Crippen LogP contribution < -0.4 is 0 Å². The molecule has 22 heavy (non-hydrogen) atoms. The molecule has 2 heterocycles. The number of thiophene rings is 1. The van der Waals surface area contributed by atoms with Gasteiger partial charge in [0, 0.05) is 19.6 Å². The quantitative estimate of drug-likeness (QED) is 0.807. The number of rotatable bonds is 2. The smallest absolute Gasteiger partial charge is 0.256 e. The Hall–Kier alpha value is -1.07. The van der Waals surface area contributed by atoms with Crippen LogP contribution in [0.3, 0.4) is 0 Å². The average Bonchev–Trinajstić information content (AvgIpc) is 2.86. The molecule has 0 saturated carbocycles. The molecule has 1 aliphatic heterocycles. The Kier molecular flexibility index (Phi) is 4.73. The standard InChI is InChI=1S/C16H16Cl2N2OS/c1-19-7-8-20(13(10-19)11-5-3-2-4-6-11)16(21)12-9-14(17)22-15(12)18/h2-6,9,13H,7-8,10H2,1H3. The van der Waals surface area contributed by atoms with Gasteiger partial charge in [-0.1, -0.05) is 53.5 Å². The van der Waals surface area contributed by atoms with Crippen molar-refractivity contribution in [2.45, 2.75) is 6.04 Å². The summed E-state index contributed by atoms with van der Waals surface area (Å²) >= 11 is 13.4. The van der Waals surface area contributed by atoms with Crippen LogP contribution in [0, 0.1) is 0 Å². The summed E-state index contributed by atoms with van der Waals surface area (Å²) in [5.41, 5.74) is 1.64. The number of carbonyl (C=O) groups excluding carboxylic acids is 1. The maximum atomic E-state index is 12.9. The molecular weight excluding hydrogens is 339 g/mol. The minimum atomic E-state index is -0.0462. The predicted molar refractivity (Wildman–Crippen MR) is 92.1 cm³/mol. The molecule has 1 amide bonds. The zero-order valence-electron chi connectivity index (χ0n) is 12.1. The fourth-order valence-corrected chi connectivity index (χ4v) is 4.21. The van der Waals surface area contributed by atoms with Gasteiger partial charge in [0.15, 0.2) is 0 Å². The van der Waals surface area contributed by atoms with E-state index in [1.54, 1.807) is 6.07 Å². The molecule has 3 nitrogen and oxygen atoms in total. The topological polar surface area (TPSA) is 23.6 Å². The molecular formula is C16H16Cl2N2OS. The van der Waals surface area contributed by atoms with Crippen LogP contribution in [-0.4, -0.2) is 42.4 Å². The van der Waals surface area contributed by atoms with E-state index >= 15 is 0 Å². The van der Waals surface area contributed by atoms with Gasteiger partial charge in [0.25, 0.3) is 5.91 Å². The molecule has 1 aromatic carbocycles. The van der Waals surface area contributed by atoms with Crippen molar-refractivity contribution in [1.82, 2.24) is 9.80 Å². The molecule has 1 aromatic heterocycles. The van der Waals surface area contributed by atoms with E-state index in [0.717, 1.165) is 18.7 Å². The average molecular weight is 355 g/mol. The van der Waals surface area contributed by atoms with Gasteiger partial charge in [-0.25, -0.2) is 0 Å². The normalized spacial score (nSPS) is 19.4. The highest BCUT2D eigenvalue weighted by molar-refractivity contribution is 7.20. The summed E-state index contributed by atoms with van der Waals surface area (Å²) in [6.07, 6.45) is 0. The van der Waals surface area contributed by atoms with Crippen LogP contribution in [0.25, 0.3) is 0 Å². The first-order chi connectivity index (χ1) is 10.6. The molecule has 0 radical (unpaired) electrons. The zero-order valence-corrected chi connectivity index (χ0v) is 14.5. The third kappa shape index (κ3) is 3.15. The highest BCUT2D eigenvalue weighted by Gasteiger charge is 2.32.